The lowest BCUT2D eigenvalue weighted by atomic mass is 10.2. The van der Waals surface area contributed by atoms with Gasteiger partial charge in [0.05, 0.1) is 10.6 Å². The highest BCUT2D eigenvalue weighted by atomic mass is 16.6. The lowest BCUT2D eigenvalue weighted by Crippen LogP contribution is -2.26. The zero-order valence-corrected chi connectivity index (χ0v) is 10.3. The van der Waals surface area contributed by atoms with Gasteiger partial charge in [-0.05, 0) is 26.0 Å². The number of ether oxygens (including phenoxy) is 1. The van der Waals surface area contributed by atoms with Crippen molar-refractivity contribution in [3.8, 4) is 5.75 Å². The third-order valence-electron chi connectivity index (χ3n) is 3.08. The summed E-state index contributed by atoms with van der Waals surface area (Å²) in [5, 5.41) is 10.6. The second kappa shape index (κ2) is 5.22. The zero-order valence-electron chi connectivity index (χ0n) is 10.3. The number of non-ortho nitro benzene ring substituents is 1. The molecule has 0 radical (unpaired) electrons. The fourth-order valence-corrected chi connectivity index (χ4v) is 1.78. The number of nitrogens with two attached hydrogens (primary N) is 1. The number of anilines is 1. The molecule has 1 aliphatic rings. The van der Waals surface area contributed by atoms with Crippen LogP contribution in [0.25, 0.3) is 0 Å². The van der Waals surface area contributed by atoms with Crippen molar-refractivity contribution in [1.29, 1.82) is 0 Å². The highest BCUT2D eigenvalue weighted by molar-refractivity contribution is 5.58. The molecule has 1 fully saturated rings. The molecule has 0 aromatic heterocycles. The molecule has 2 rings (SSSR count). The van der Waals surface area contributed by atoms with Gasteiger partial charge in [-0.15, -0.1) is 0 Å². The van der Waals surface area contributed by atoms with Gasteiger partial charge in [0.15, 0.2) is 0 Å². The van der Waals surface area contributed by atoms with Gasteiger partial charge >= 0.3 is 0 Å². The minimum atomic E-state index is -0.471. The standard InChI is InChI=1S/C12H17N3O3/c1-14(9-2-3-9)6-7-18-12-5-4-10(15(16)17)8-11(12)13/h4-5,8-9H,2-3,6-7,13H2,1H3. The third-order valence-corrected chi connectivity index (χ3v) is 3.08. The molecule has 98 valence electrons. The van der Waals surface area contributed by atoms with Crippen LogP contribution in [0.5, 0.6) is 5.75 Å². The van der Waals surface area contributed by atoms with Crippen LogP contribution in [0.3, 0.4) is 0 Å². The summed E-state index contributed by atoms with van der Waals surface area (Å²) >= 11 is 0. The van der Waals surface area contributed by atoms with Crippen LogP contribution in [0.4, 0.5) is 11.4 Å². The second-order valence-electron chi connectivity index (χ2n) is 4.54. The Morgan fingerprint density at radius 3 is 2.83 bits per heavy atom. The Labute approximate surface area is 105 Å². The molecule has 6 heteroatoms. The van der Waals surface area contributed by atoms with Crippen molar-refractivity contribution in [2.75, 3.05) is 25.9 Å². The fourth-order valence-electron chi connectivity index (χ4n) is 1.78. The largest absolute Gasteiger partial charge is 0.490 e. The molecule has 0 aliphatic heterocycles. The maximum Gasteiger partial charge on any atom is 0.271 e. The molecule has 0 unspecified atom stereocenters. The first kappa shape index (κ1) is 12.6. The van der Waals surface area contributed by atoms with Crippen molar-refractivity contribution < 1.29 is 9.66 Å². The number of hydrogen-bond donors (Lipinski definition) is 1. The molecule has 0 spiro atoms. The molecule has 0 bridgehead atoms. The van der Waals surface area contributed by atoms with Gasteiger partial charge in [-0.2, -0.15) is 0 Å². The van der Waals surface area contributed by atoms with Gasteiger partial charge in [0.1, 0.15) is 12.4 Å². The normalized spacial score (nSPS) is 14.8. The molecule has 2 N–H and O–H groups in total. The van der Waals surface area contributed by atoms with Crippen LogP contribution in [0.2, 0.25) is 0 Å². The molecule has 1 aromatic carbocycles. The van der Waals surface area contributed by atoms with E-state index < -0.39 is 4.92 Å². The number of nitrogens with zero attached hydrogens (tertiary/aromatic N) is 2. The predicted octanol–water partition coefficient (Wildman–Crippen LogP) is 1.65. The lowest BCUT2D eigenvalue weighted by molar-refractivity contribution is -0.384. The first-order chi connectivity index (χ1) is 8.58. The molecule has 18 heavy (non-hydrogen) atoms. The Hall–Kier alpha value is -1.82. The second-order valence-corrected chi connectivity index (χ2v) is 4.54. The van der Waals surface area contributed by atoms with Crippen LogP contribution in [0.15, 0.2) is 18.2 Å². The zero-order chi connectivity index (χ0) is 13.1. The van der Waals surface area contributed by atoms with Gasteiger partial charge in [0.25, 0.3) is 5.69 Å². The smallest absolute Gasteiger partial charge is 0.271 e. The van der Waals surface area contributed by atoms with Crippen LogP contribution in [0.1, 0.15) is 12.8 Å². The van der Waals surface area contributed by atoms with E-state index in [1.807, 2.05) is 0 Å². The highest BCUT2D eigenvalue weighted by Gasteiger charge is 2.25. The topological polar surface area (TPSA) is 81.6 Å². The summed E-state index contributed by atoms with van der Waals surface area (Å²) in [4.78, 5) is 12.3. The van der Waals surface area contributed by atoms with Crippen molar-refractivity contribution >= 4 is 11.4 Å². The lowest BCUT2D eigenvalue weighted by Gasteiger charge is -2.16. The summed E-state index contributed by atoms with van der Waals surface area (Å²) in [7, 11) is 2.07. The van der Waals surface area contributed by atoms with Crippen molar-refractivity contribution in [2.45, 2.75) is 18.9 Å². The van der Waals surface area contributed by atoms with Crippen molar-refractivity contribution in [3.63, 3.8) is 0 Å². The molecule has 0 amide bonds. The van der Waals surface area contributed by atoms with E-state index in [9.17, 15) is 10.1 Å². The van der Waals surface area contributed by atoms with E-state index >= 15 is 0 Å². The summed E-state index contributed by atoms with van der Waals surface area (Å²) in [6.45, 7) is 1.37. The Kier molecular flexibility index (Phi) is 3.66. The van der Waals surface area contributed by atoms with Gasteiger partial charge in [-0.25, -0.2) is 0 Å². The molecule has 0 saturated heterocycles. The van der Waals surface area contributed by atoms with Gasteiger partial charge < -0.3 is 15.4 Å². The Balaban J connectivity index is 1.86. The van der Waals surface area contributed by atoms with Gasteiger partial charge in [0.2, 0.25) is 0 Å². The van der Waals surface area contributed by atoms with E-state index in [2.05, 4.69) is 11.9 Å². The summed E-state index contributed by atoms with van der Waals surface area (Å²) in [6, 6.07) is 4.96. The van der Waals surface area contributed by atoms with Crippen molar-refractivity contribution in [2.24, 2.45) is 0 Å². The molecule has 0 heterocycles. The van der Waals surface area contributed by atoms with E-state index in [0.29, 0.717) is 24.1 Å². The van der Waals surface area contributed by atoms with Gasteiger partial charge in [-0.3, -0.25) is 10.1 Å². The highest BCUT2D eigenvalue weighted by Crippen LogP contribution is 2.27. The molecule has 6 nitrogen and oxygen atoms in total. The van der Waals surface area contributed by atoms with Crippen molar-refractivity contribution in [3.05, 3.63) is 28.3 Å². The molecular formula is C12H17N3O3. The van der Waals surface area contributed by atoms with E-state index in [4.69, 9.17) is 10.5 Å². The first-order valence-corrected chi connectivity index (χ1v) is 5.95. The average molecular weight is 251 g/mol. The van der Waals surface area contributed by atoms with E-state index in [1.54, 1.807) is 6.07 Å². The number of nitrogen functional groups attached to an aromatic ring is 1. The summed E-state index contributed by atoms with van der Waals surface area (Å²) < 4.78 is 5.53. The average Bonchev–Trinajstić information content (AvgIpc) is 3.14. The number of likely N-dealkylation sites (N-methyl/N-ethyl adjacent to an activating group) is 1. The van der Waals surface area contributed by atoms with Crippen LogP contribution >= 0.6 is 0 Å². The molecule has 1 aliphatic carbocycles. The van der Waals surface area contributed by atoms with Gasteiger partial charge in [0, 0.05) is 24.7 Å². The van der Waals surface area contributed by atoms with E-state index in [0.717, 1.165) is 6.54 Å². The Morgan fingerprint density at radius 1 is 1.56 bits per heavy atom. The fraction of sp³-hybridized carbons (Fsp3) is 0.500. The maximum absolute atomic E-state index is 10.6. The van der Waals surface area contributed by atoms with Crippen LogP contribution in [-0.2, 0) is 0 Å². The number of benzene rings is 1. The van der Waals surface area contributed by atoms with E-state index in [-0.39, 0.29) is 5.69 Å². The Morgan fingerprint density at radius 2 is 2.28 bits per heavy atom. The minimum Gasteiger partial charge on any atom is -0.490 e. The number of hydrogen-bond acceptors (Lipinski definition) is 5. The van der Waals surface area contributed by atoms with Gasteiger partial charge in [-0.1, -0.05) is 0 Å². The molecule has 0 atom stereocenters. The molecular weight excluding hydrogens is 234 g/mol. The van der Waals surface area contributed by atoms with Crippen molar-refractivity contribution in [1.82, 2.24) is 4.90 Å². The Bertz CT molecular complexity index is 446. The number of nitro groups is 1. The summed E-state index contributed by atoms with van der Waals surface area (Å²) in [5.41, 5.74) is 5.99. The number of nitro benzene ring substituents is 1. The number of rotatable bonds is 6. The van der Waals surface area contributed by atoms with Crippen LogP contribution in [0, 0.1) is 10.1 Å². The SMILES string of the molecule is CN(CCOc1ccc([N+](=O)[O-])cc1N)C1CC1. The monoisotopic (exact) mass is 251 g/mol. The quantitative estimate of drug-likeness (QED) is 0.472. The summed E-state index contributed by atoms with van der Waals surface area (Å²) in [6.07, 6.45) is 2.52. The third kappa shape index (κ3) is 3.10. The van der Waals surface area contributed by atoms with Crippen LogP contribution < -0.4 is 10.5 Å². The maximum atomic E-state index is 10.6. The summed E-state index contributed by atoms with van der Waals surface area (Å²) in [5.74, 6) is 0.504. The first-order valence-electron chi connectivity index (χ1n) is 5.95. The molecule has 1 aromatic rings. The minimum absolute atomic E-state index is 0.0186. The predicted molar refractivity (Wildman–Crippen MR) is 68.7 cm³/mol. The van der Waals surface area contributed by atoms with Crippen LogP contribution in [-0.4, -0.2) is 36.1 Å². The molecule has 1 saturated carbocycles. The van der Waals surface area contributed by atoms with E-state index in [1.165, 1.54) is 25.0 Å².